The van der Waals surface area contributed by atoms with Crippen molar-refractivity contribution in [2.24, 2.45) is 0 Å². The molecule has 1 amide bonds. The van der Waals surface area contributed by atoms with E-state index in [2.05, 4.69) is 15.0 Å². The summed E-state index contributed by atoms with van der Waals surface area (Å²) in [5.41, 5.74) is 0.505. The minimum absolute atomic E-state index is 0.00436. The van der Waals surface area contributed by atoms with E-state index < -0.39 is 21.7 Å². The summed E-state index contributed by atoms with van der Waals surface area (Å²) in [7, 11) is -3.86. The van der Waals surface area contributed by atoms with Gasteiger partial charge in [-0.15, -0.1) is 11.3 Å². The Morgan fingerprint density at radius 2 is 1.94 bits per heavy atom. The summed E-state index contributed by atoms with van der Waals surface area (Å²) < 4.78 is 48.1. The molecule has 0 saturated heterocycles. The fourth-order valence-corrected chi connectivity index (χ4v) is 5.26. The number of fused-ring (bicyclic) bond motifs is 1. The molecule has 0 fully saturated rings. The molecule has 10 heteroatoms. The first-order valence-corrected chi connectivity index (χ1v) is 12.1. The van der Waals surface area contributed by atoms with Crippen LogP contribution in [-0.4, -0.2) is 25.4 Å². The van der Waals surface area contributed by atoms with E-state index in [4.69, 9.17) is 4.42 Å². The second kappa shape index (κ2) is 8.81. The van der Waals surface area contributed by atoms with E-state index in [1.807, 2.05) is 24.3 Å². The second-order valence-corrected chi connectivity index (χ2v) is 10.1. The van der Waals surface area contributed by atoms with Crippen LogP contribution in [0.2, 0.25) is 0 Å². The average molecular weight is 474 g/mol. The van der Waals surface area contributed by atoms with Gasteiger partial charge >= 0.3 is 0 Å². The number of para-hydroxylation sites is 1. The summed E-state index contributed by atoms with van der Waals surface area (Å²) in [6, 6.07) is 13.9. The van der Waals surface area contributed by atoms with E-state index >= 15 is 0 Å². The van der Waals surface area contributed by atoms with Gasteiger partial charge in [0.1, 0.15) is 11.6 Å². The number of nitrogens with one attached hydrogen (secondary N) is 2. The Labute approximate surface area is 188 Å². The third kappa shape index (κ3) is 4.72. The lowest BCUT2D eigenvalue weighted by Gasteiger charge is -2.11. The monoisotopic (exact) mass is 473 g/mol. The van der Waals surface area contributed by atoms with E-state index in [-0.39, 0.29) is 23.0 Å². The third-order valence-electron chi connectivity index (χ3n) is 4.47. The van der Waals surface area contributed by atoms with Crippen LogP contribution in [0.4, 0.5) is 4.39 Å². The molecule has 0 aliphatic rings. The highest BCUT2D eigenvalue weighted by Gasteiger charge is 2.20. The van der Waals surface area contributed by atoms with Crippen LogP contribution in [0.25, 0.3) is 21.0 Å². The van der Waals surface area contributed by atoms with Crippen molar-refractivity contribution < 1.29 is 22.0 Å². The average Bonchev–Trinajstić information content (AvgIpc) is 3.38. The number of carbonyl (C=O) groups is 1. The van der Waals surface area contributed by atoms with Crippen LogP contribution in [0, 0.1) is 5.82 Å². The first kappa shape index (κ1) is 22.1. The number of hydrogen-bond donors (Lipinski definition) is 2. The van der Waals surface area contributed by atoms with Crippen LogP contribution in [0.3, 0.4) is 0 Å². The molecule has 0 bridgehead atoms. The number of nitrogens with zero attached hydrogens (tertiary/aromatic N) is 1. The van der Waals surface area contributed by atoms with Crippen LogP contribution in [0.15, 0.2) is 63.9 Å². The Balaban J connectivity index is 1.48. The molecule has 0 saturated carbocycles. The number of amides is 1. The highest BCUT2D eigenvalue weighted by atomic mass is 32.2. The van der Waals surface area contributed by atoms with Crippen molar-refractivity contribution in [3.63, 3.8) is 0 Å². The Kier molecular flexibility index (Phi) is 6.09. The zero-order valence-corrected chi connectivity index (χ0v) is 18.9. The van der Waals surface area contributed by atoms with Crippen molar-refractivity contribution in [1.29, 1.82) is 0 Å². The first-order valence-electron chi connectivity index (χ1n) is 9.77. The van der Waals surface area contributed by atoms with Gasteiger partial charge in [-0.3, -0.25) is 4.79 Å². The van der Waals surface area contributed by atoms with Crippen molar-refractivity contribution in [3.8, 4) is 10.8 Å². The van der Waals surface area contributed by atoms with Crippen molar-refractivity contribution in [3.05, 3.63) is 71.7 Å². The number of hydrogen-bond acceptors (Lipinski definition) is 6. The molecule has 0 radical (unpaired) electrons. The molecule has 2 heterocycles. The maximum atomic E-state index is 14.2. The SMILES string of the molecule is CC(C)NS(=O)(=O)c1ccc(F)c(C(=O)NCc2ccc(-c3nc4ccccc4s3)o2)c1. The van der Waals surface area contributed by atoms with Gasteiger partial charge in [0.25, 0.3) is 5.91 Å². The van der Waals surface area contributed by atoms with Gasteiger partial charge in [0.2, 0.25) is 10.0 Å². The van der Waals surface area contributed by atoms with E-state index in [0.29, 0.717) is 16.5 Å². The van der Waals surface area contributed by atoms with E-state index in [1.54, 1.807) is 26.0 Å². The Hall–Kier alpha value is -3.08. The van der Waals surface area contributed by atoms with Gasteiger partial charge in [-0.05, 0) is 56.3 Å². The molecule has 0 atom stereocenters. The standard InChI is InChI=1S/C22H20FN3O4S2/c1-13(2)26-32(28,29)15-8-9-17(23)16(11-15)21(27)24-12-14-7-10-19(30-14)22-25-18-5-3-4-6-20(18)31-22/h3-11,13,26H,12H2,1-2H3,(H,24,27). The van der Waals surface area contributed by atoms with E-state index in [9.17, 15) is 17.6 Å². The number of thiazole rings is 1. The molecule has 0 unspecified atom stereocenters. The van der Waals surface area contributed by atoms with Gasteiger partial charge in [-0.2, -0.15) is 0 Å². The number of furan rings is 1. The van der Waals surface area contributed by atoms with Crippen LogP contribution < -0.4 is 10.0 Å². The molecule has 0 aliphatic carbocycles. The number of sulfonamides is 1. The van der Waals surface area contributed by atoms with Gasteiger partial charge in [0.05, 0.1) is 27.2 Å². The van der Waals surface area contributed by atoms with Crippen LogP contribution in [0.1, 0.15) is 30.0 Å². The zero-order valence-electron chi connectivity index (χ0n) is 17.3. The van der Waals surface area contributed by atoms with Gasteiger partial charge in [0.15, 0.2) is 10.8 Å². The van der Waals surface area contributed by atoms with Crippen molar-refractivity contribution in [1.82, 2.24) is 15.0 Å². The minimum Gasteiger partial charge on any atom is -0.457 e. The Morgan fingerprint density at radius 3 is 2.69 bits per heavy atom. The van der Waals surface area contributed by atoms with Gasteiger partial charge in [0, 0.05) is 6.04 Å². The van der Waals surface area contributed by atoms with Crippen LogP contribution >= 0.6 is 11.3 Å². The zero-order chi connectivity index (χ0) is 22.9. The number of halogens is 1. The summed E-state index contributed by atoms with van der Waals surface area (Å²) in [4.78, 5) is 16.9. The number of rotatable bonds is 7. The molecule has 2 aromatic heterocycles. The van der Waals surface area contributed by atoms with E-state index in [1.165, 1.54) is 11.3 Å². The number of benzene rings is 2. The lowest BCUT2D eigenvalue weighted by Crippen LogP contribution is -2.31. The minimum atomic E-state index is -3.86. The lowest BCUT2D eigenvalue weighted by molar-refractivity contribution is 0.0944. The van der Waals surface area contributed by atoms with Gasteiger partial charge in [-0.25, -0.2) is 22.5 Å². The molecule has 4 aromatic rings. The molecule has 2 aromatic carbocycles. The molecular weight excluding hydrogens is 453 g/mol. The van der Waals surface area contributed by atoms with Crippen molar-refractivity contribution in [2.75, 3.05) is 0 Å². The quantitative estimate of drug-likeness (QED) is 0.416. The predicted molar refractivity (Wildman–Crippen MR) is 120 cm³/mol. The Bertz CT molecular complexity index is 1360. The highest BCUT2D eigenvalue weighted by Crippen LogP contribution is 2.31. The summed E-state index contributed by atoms with van der Waals surface area (Å²) in [6.07, 6.45) is 0. The number of carbonyl (C=O) groups excluding carboxylic acids is 1. The smallest absolute Gasteiger partial charge is 0.254 e. The fraction of sp³-hybridized carbons (Fsp3) is 0.182. The lowest BCUT2D eigenvalue weighted by atomic mass is 10.2. The third-order valence-corrected chi connectivity index (χ3v) is 7.18. The predicted octanol–water partition coefficient (Wildman–Crippen LogP) is 4.31. The van der Waals surface area contributed by atoms with E-state index in [0.717, 1.165) is 28.4 Å². The maximum absolute atomic E-state index is 14.2. The number of aromatic nitrogens is 1. The summed E-state index contributed by atoms with van der Waals surface area (Å²) in [5.74, 6) is -0.546. The van der Waals surface area contributed by atoms with Crippen molar-refractivity contribution >= 4 is 37.5 Å². The molecule has 32 heavy (non-hydrogen) atoms. The molecule has 7 nitrogen and oxygen atoms in total. The molecule has 166 valence electrons. The molecule has 0 spiro atoms. The topological polar surface area (TPSA) is 101 Å². The fourth-order valence-electron chi connectivity index (χ4n) is 3.05. The molecule has 4 rings (SSSR count). The van der Waals surface area contributed by atoms with Crippen molar-refractivity contribution in [2.45, 2.75) is 31.3 Å². The largest absolute Gasteiger partial charge is 0.457 e. The van der Waals surface area contributed by atoms with Crippen LogP contribution in [0.5, 0.6) is 0 Å². The van der Waals surface area contributed by atoms with Gasteiger partial charge < -0.3 is 9.73 Å². The molecule has 0 aliphatic heterocycles. The van der Waals surface area contributed by atoms with Crippen LogP contribution in [-0.2, 0) is 16.6 Å². The van der Waals surface area contributed by atoms with Gasteiger partial charge in [-0.1, -0.05) is 12.1 Å². The normalized spacial score (nSPS) is 11.9. The Morgan fingerprint density at radius 1 is 1.16 bits per heavy atom. The molecular formula is C22H20FN3O4S2. The summed E-state index contributed by atoms with van der Waals surface area (Å²) in [5, 5.41) is 3.28. The highest BCUT2D eigenvalue weighted by molar-refractivity contribution is 7.89. The maximum Gasteiger partial charge on any atom is 0.254 e. The summed E-state index contributed by atoms with van der Waals surface area (Å²) in [6.45, 7) is 3.34. The summed E-state index contributed by atoms with van der Waals surface area (Å²) >= 11 is 1.49. The molecule has 2 N–H and O–H groups in total. The second-order valence-electron chi connectivity index (χ2n) is 7.35. The first-order chi connectivity index (χ1) is 15.2.